The van der Waals surface area contributed by atoms with Crippen molar-refractivity contribution in [3.8, 4) is 0 Å². The van der Waals surface area contributed by atoms with Crippen molar-refractivity contribution in [3.05, 3.63) is 68.1 Å². The third kappa shape index (κ3) is 4.65. The Kier molecular flexibility index (Phi) is 5.99. The molecule has 0 amide bonds. The molecule has 2 nitrogen and oxygen atoms in total. The lowest BCUT2D eigenvalue weighted by Gasteiger charge is -2.01. The van der Waals surface area contributed by atoms with E-state index in [4.69, 9.17) is 23.2 Å². The van der Waals surface area contributed by atoms with Crippen molar-refractivity contribution in [2.75, 3.05) is 0 Å². The van der Waals surface area contributed by atoms with Crippen LogP contribution in [0, 0.1) is 6.92 Å². The average molecular weight is 449 g/mol. The molecule has 0 unspecified atom stereocenters. The molecule has 2 aromatic carbocycles. The zero-order chi connectivity index (χ0) is 15.4. The largest absolute Gasteiger partial charge is 0.158 e. The maximum absolute atomic E-state index is 6.15. The Morgan fingerprint density at radius 3 is 2.10 bits per heavy atom. The predicted molar refractivity (Wildman–Crippen MR) is 97.8 cm³/mol. The van der Waals surface area contributed by atoms with Crippen LogP contribution in [0.5, 0.6) is 0 Å². The zero-order valence-electron chi connectivity index (χ0n) is 10.9. The van der Waals surface area contributed by atoms with E-state index in [-0.39, 0.29) is 10.3 Å². The van der Waals surface area contributed by atoms with Crippen LogP contribution in [-0.2, 0) is 0 Å². The average Bonchev–Trinajstić information content (AvgIpc) is 2.47. The Morgan fingerprint density at radius 2 is 1.52 bits per heavy atom. The van der Waals surface area contributed by atoms with Gasteiger partial charge in [0.1, 0.15) is 0 Å². The first-order valence-electron chi connectivity index (χ1n) is 5.96. The molecule has 0 radical (unpaired) electrons. The third-order valence-electron chi connectivity index (χ3n) is 2.70. The van der Waals surface area contributed by atoms with Crippen molar-refractivity contribution in [2.24, 2.45) is 10.2 Å². The maximum atomic E-state index is 6.15. The molecule has 108 valence electrons. The third-order valence-corrected chi connectivity index (χ3v) is 4.63. The van der Waals surface area contributed by atoms with Gasteiger partial charge in [0.15, 0.2) is 10.3 Å². The SMILES string of the molecule is Cc1ccc(C(Cl)=NN=C(Cl)c2cccc(Br)c2)cc1Br. The topological polar surface area (TPSA) is 24.7 Å². The van der Waals surface area contributed by atoms with Gasteiger partial charge in [0.25, 0.3) is 0 Å². The van der Waals surface area contributed by atoms with Crippen molar-refractivity contribution < 1.29 is 0 Å². The van der Waals surface area contributed by atoms with Gasteiger partial charge in [0.2, 0.25) is 0 Å². The summed E-state index contributed by atoms with van der Waals surface area (Å²) in [6.45, 7) is 2.00. The second kappa shape index (κ2) is 7.54. The number of hydrogen-bond acceptors (Lipinski definition) is 2. The maximum Gasteiger partial charge on any atom is 0.158 e. The minimum absolute atomic E-state index is 0.278. The van der Waals surface area contributed by atoms with Gasteiger partial charge < -0.3 is 0 Å². The normalized spacial score (nSPS) is 12.6. The standard InChI is InChI=1S/C15H10Br2Cl2N2/c1-9-5-6-11(8-13(9)17)15(19)21-20-14(18)10-3-2-4-12(16)7-10/h2-8H,1H3. The lowest BCUT2D eigenvalue weighted by atomic mass is 10.2. The van der Waals surface area contributed by atoms with E-state index in [2.05, 4.69) is 42.1 Å². The van der Waals surface area contributed by atoms with Gasteiger partial charge in [-0.05, 0) is 30.7 Å². The summed E-state index contributed by atoms with van der Waals surface area (Å²) in [4.78, 5) is 0. The van der Waals surface area contributed by atoms with Crippen LogP contribution < -0.4 is 0 Å². The Labute approximate surface area is 150 Å². The molecule has 0 spiro atoms. The molecule has 0 aliphatic rings. The molecule has 0 atom stereocenters. The highest BCUT2D eigenvalue weighted by Gasteiger charge is 2.04. The first kappa shape index (κ1) is 16.7. The van der Waals surface area contributed by atoms with Crippen LogP contribution in [0.2, 0.25) is 0 Å². The summed E-state index contributed by atoms with van der Waals surface area (Å²) in [7, 11) is 0. The number of halogens is 4. The molecule has 0 N–H and O–H groups in total. The summed E-state index contributed by atoms with van der Waals surface area (Å²) in [6.07, 6.45) is 0. The molecule has 0 saturated carbocycles. The van der Waals surface area contributed by atoms with Crippen molar-refractivity contribution >= 4 is 65.4 Å². The number of hydrogen-bond donors (Lipinski definition) is 0. The lowest BCUT2D eigenvalue weighted by Crippen LogP contribution is -1.94. The minimum atomic E-state index is 0.278. The molecule has 0 aliphatic heterocycles. The van der Waals surface area contributed by atoms with E-state index >= 15 is 0 Å². The summed E-state index contributed by atoms with van der Waals surface area (Å²) < 4.78 is 1.89. The van der Waals surface area contributed by atoms with Crippen LogP contribution in [0.4, 0.5) is 0 Å². The summed E-state index contributed by atoms with van der Waals surface area (Å²) >= 11 is 19.1. The van der Waals surface area contributed by atoms with E-state index in [0.29, 0.717) is 0 Å². The summed E-state index contributed by atoms with van der Waals surface area (Å²) in [5.74, 6) is 0. The first-order valence-corrected chi connectivity index (χ1v) is 8.30. The van der Waals surface area contributed by atoms with Gasteiger partial charge in [-0.25, -0.2) is 0 Å². The van der Waals surface area contributed by atoms with Crippen LogP contribution in [0.3, 0.4) is 0 Å². The fourth-order valence-corrected chi connectivity index (χ4v) is 2.63. The molecule has 6 heteroatoms. The lowest BCUT2D eigenvalue weighted by molar-refractivity contribution is 1.25. The van der Waals surface area contributed by atoms with Crippen LogP contribution in [-0.4, -0.2) is 10.3 Å². The van der Waals surface area contributed by atoms with E-state index < -0.39 is 0 Å². The van der Waals surface area contributed by atoms with Crippen LogP contribution in [0.25, 0.3) is 0 Å². The predicted octanol–water partition coefficient (Wildman–Crippen LogP) is 6.11. The second-order valence-corrected chi connectivity index (χ2v) is 6.74. The summed E-state index contributed by atoms with van der Waals surface area (Å²) in [5, 5.41) is 8.50. The van der Waals surface area contributed by atoms with Crippen molar-refractivity contribution in [1.82, 2.24) is 0 Å². The van der Waals surface area contributed by atoms with Crippen LogP contribution in [0.15, 0.2) is 61.6 Å². The van der Waals surface area contributed by atoms with E-state index in [1.54, 1.807) is 0 Å². The van der Waals surface area contributed by atoms with Gasteiger partial charge in [-0.3, -0.25) is 0 Å². The molecular formula is C15H10Br2Cl2N2. The molecule has 21 heavy (non-hydrogen) atoms. The second-order valence-electron chi connectivity index (χ2n) is 4.26. The Hall–Kier alpha value is -0.680. The van der Waals surface area contributed by atoms with E-state index in [1.165, 1.54) is 0 Å². The highest BCUT2D eigenvalue weighted by atomic mass is 79.9. The van der Waals surface area contributed by atoms with Crippen LogP contribution >= 0.6 is 55.1 Å². The van der Waals surface area contributed by atoms with Gasteiger partial charge in [-0.2, -0.15) is 0 Å². The Balaban J connectivity index is 2.26. The van der Waals surface area contributed by atoms with Crippen LogP contribution in [0.1, 0.15) is 16.7 Å². The van der Waals surface area contributed by atoms with Crippen molar-refractivity contribution in [1.29, 1.82) is 0 Å². The summed E-state index contributed by atoms with van der Waals surface area (Å²) in [5.41, 5.74) is 2.67. The Bertz CT molecular complexity index is 727. The van der Waals surface area contributed by atoms with Gasteiger partial charge in [0, 0.05) is 20.1 Å². The molecule has 0 saturated heterocycles. The van der Waals surface area contributed by atoms with Gasteiger partial charge in [-0.1, -0.05) is 79.3 Å². The quantitative estimate of drug-likeness (QED) is 0.400. The number of aryl methyl sites for hydroxylation is 1. The summed E-state index contributed by atoms with van der Waals surface area (Å²) in [6, 6.07) is 13.2. The van der Waals surface area contributed by atoms with E-state index in [0.717, 1.165) is 25.6 Å². The molecule has 2 aromatic rings. The Morgan fingerprint density at radius 1 is 0.905 bits per heavy atom. The molecule has 0 heterocycles. The molecule has 0 aliphatic carbocycles. The molecule has 0 aromatic heterocycles. The fraction of sp³-hybridized carbons (Fsp3) is 0.0667. The van der Waals surface area contributed by atoms with Crippen molar-refractivity contribution in [3.63, 3.8) is 0 Å². The molecular weight excluding hydrogens is 439 g/mol. The van der Waals surface area contributed by atoms with Crippen molar-refractivity contribution in [2.45, 2.75) is 6.92 Å². The molecule has 2 rings (SSSR count). The minimum Gasteiger partial charge on any atom is -0.136 e. The fourth-order valence-electron chi connectivity index (χ4n) is 1.54. The van der Waals surface area contributed by atoms with E-state index in [1.807, 2.05) is 49.4 Å². The number of nitrogens with zero attached hydrogens (tertiary/aromatic N) is 2. The number of rotatable bonds is 3. The molecule has 0 fully saturated rings. The van der Waals surface area contributed by atoms with Gasteiger partial charge in [0.05, 0.1) is 0 Å². The zero-order valence-corrected chi connectivity index (χ0v) is 15.6. The highest BCUT2D eigenvalue weighted by Crippen LogP contribution is 2.19. The van der Waals surface area contributed by atoms with E-state index in [9.17, 15) is 0 Å². The highest BCUT2D eigenvalue weighted by molar-refractivity contribution is 9.10. The van der Waals surface area contributed by atoms with Gasteiger partial charge in [-0.15, -0.1) is 10.2 Å². The molecule has 0 bridgehead atoms. The first-order chi connectivity index (χ1) is 9.97. The number of benzene rings is 2. The smallest absolute Gasteiger partial charge is 0.136 e. The monoisotopic (exact) mass is 446 g/mol. The van der Waals surface area contributed by atoms with Gasteiger partial charge >= 0.3 is 0 Å².